The molecule has 0 spiro atoms. The standard InChI is InChI=1S/C13H20N2O6/c1-20-8-11(16)14-4-6-15(7-5-14)12(17)9-2-3-10(21-9)13(18)19/h9-10H,2-8H2,1H3,(H,18,19). The number of hydrogen-bond donors (Lipinski definition) is 1. The maximum atomic E-state index is 12.3. The Morgan fingerprint density at radius 2 is 1.67 bits per heavy atom. The van der Waals surface area contributed by atoms with Crippen molar-refractivity contribution >= 4 is 17.8 Å². The van der Waals surface area contributed by atoms with Crippen molar-refractivity contribution < 1.29 is 29.0 Å². The van der Waals surface area contributed by atoms with E-state index in [-0.39, 0.29) is 18.4 Å². The summed E-state index contributed by atoms with van der Waals surface area (Å²) in [6.07, 6.45) is -0.771. The molecule has 2 fully saturated rings. The minimum atomic E-state index is -1.03. The Morgan fingerprint density at radius 3 is 2.19 bits per heavy atom. The Morgan fingerprint density at radius 1 is 1.10 bits per heavy atom. The summed E-state index contributed by atoms with van der Waals surface area (Å²) in [6, 6.07) is 0. The van der Waals surface area contributed by atoms with Crippen LogP contribution in [0, 0.1) is 0 Å². The van der Waals surface area contributed by atoms with E-state index in [1.807, 2.05) is 0 Å². The first kappa shape index (κ1) is 15.7. The number of aliphatic carboxylic acids is 1. The number of hydrogen-bond acceptors (Lipinski definition) is 5. The van der Waals surface area contributed by atoms with Gasteiger partial charge in [-0.2, -0.15) is 0 Å². The first-order valence-corrected chi connectivity index (χ1v) is 6.96. The van der Waals surface area contributed by atoms with Crippen molar-refractivity contribution in [3.8, 4) is 0 Å². The Labute approximate surface area is 122 Å². The van der Waals surface area contributed by atoms with E-state index in [9.17, 15) is 14.4 Å². The second kappa shape index (κ2) is 6.86. The minimum absolute atomic E-state index is 0.0416. The molecule has 1 N–H and O–H groups in total. The quantitative estimate of drug-likeness (QED) is 0.710. The molecule has 21 heavy (non-hydrogen) atoms. The van der Waals surface area contributed by atoms with Gasteiger partial charge in [-0.1, -0.05) is 0 Å². The molecular formula is C13H20N2O6. The normalized spacial score (nSPS) is 26.0. The molecule has 2 rings (SSSR count). The zero-order chi connectivity index (χ0) is 15.4. The van der Waals surface area contributed by atoms with E-state index in [0.29, 0.717) is 39.0 Å². The predicted molar refractivity (Wildman–Crippen MR) is 70.6 cm³/mol. The van der Waals surface area contributed by atoms with Crippen LogP contribution in [0.25, 0.3) is 0 Å². The van der Waals surface area contributed by atoms with E-state index < -0.39 is 18.2 Å². The Bertz CT molecular complexity index is 419. The Hall–Kier alpha value is -1.67. The van der Waals surface area contributed by atoms with Gasteiger partial charge < -0.3 is 24.4 Å². The van der Waals surface area contributed by atoms with Crippen LogP contribution in [0.2, 0.25) is 0 Å². The number of nitrogens with zero attached hydrogens (tertiary/aromatic N) is 2. The number of ether oxygens (including phenoxy) is 2. The van der Waals surface area contributed by atoms with Crippen LogP contribution in [0.5, 0.6) is 0 Å². The summed E-state index contributed by atoms with van der Waals surface area (Å²) in [7, 11) is 1.47. The van der Waals surface area contributed by atoms with Gasteiger partial charge in [-0.3, -0.25) is 9.59 Å². The molecule has 0 aromatic rings. The van der Waals surface area contributed by atoms with Gasteiger partial charge in [0.1, 0.15) is 12.7 Å². The number of carbonyl (C=O) groups is 3. The molecule has 0 aliphatic carbocycles. The fourth-order valence-electron chi connectivity index (χ4n) is 2.60. The second-order valence-corrected chi connectivity index (χ2v) is 5.17. The van der Waals surface area contributed by atoms with Gasteiger partial charge in [0.05, 0.1) is 0 Å². The van der Waals surface area contributed by atoms with Gasteiger partial charge in [-0.05, 0) is 12.8 Å². The molecule has 0 bridgehead atoms. The van der Waals surface area contributed by atoms with Crippen LogP contribution in [-0.2, 0) is 23.9 Å². The third-order valence-corrected chi connectivity index (χ3v) is 3.78. The largest absolute Gasteiger partial charge is 0.479 e. The fraction of sp³-hybridized carbons (Fsp3) is 0.769. The lowest BCUT2D eigenvalue weighted by molar-refractivity contribution is -0.156. The van der Waals surface area contributed by atoms with Crippen molar-refractivity contribution in [3.05, 3.63) is 0 Å². The fourth-order valence-corrected chi connectivity index (χ4v) is 2.60. The molecule has 2 unspecified atom stereocenters. The zero-order valence-electron chi connectivity index (χ0n) is 12.0. The van der Waals surface area contributed by atoms with Gasteiger partial charge in [0.2, 0.25) is 5.91 Å². The van der Waals surface area contributed by atoms with Crippen LogP contribution >= 0.6 is 0 Å². The topological polar surface area (TPSA) is 96.4 Å². The van der Waals surface area contributed by atoms with Crippen LogP contribution in [-0.4, -0.2) is 84.8 Å². The highest BCUT2D eigenvalue weighted by Crippen LogP contribution is 2.22. The highest BCUT2D eigenvalue weighted by Gasteiger charge is 2.37. The van der Waals surface area contributed by atoms with Gasteiger partial charge in [0, 0.05) is 33.3 Å². The summed E-state index contributed by atoms with van der Waals surface area (Å²) in [6.45, 7) is 1.84. The highest BCUT2D eigenvalue weighted by atomic mass is 16.5. The summed E-state index contributed by atoms with van der Waals surface area (Å²) in [5, 5.41) is 8.86. The number of amides is 2. The number of piperazine rings is 1. The van der Waals surface area contributed by atoms with Crippen LogP contribution in [0.3, 0.4) is 0 Å². The molecule has 8 heteroatoms. The third kappa shape index (κ3) is 3.70. The first-order chi connectivity index (χ1) is 10.0. The number of rotatable bonds is 4. The first-order valence-electron chi connectivity index (χ1n) is 6.96. The van der Waals surface area contributed by atoms with Crippen molar-refractivity contribution in [2.75, 3.05) is 39.9 Å². The lowest BCUT2D eigenvalue weighted by Gasteiger charge is -2.35. The third-order valence-electron chi connectivity index (χ3n) is 3.78. The zero-order valence-corrected chi connectivity index (χ0v) is 12.0. The predicted octanol–water partition coefficient (Wildman–Crippen LogP) is -1.06. The van der Waals surface area contributed by atoms with Crippen LogP contribution in [0.15, 0.2) is 0 Å². The molecule has 0 radical (unpaired) electrons. The molecule has 2 aliphatic rings. The van der Waals surface area contributed by atoms with E-state index in [1.165, 1.54) is 7.11 Å². The van der Waals surface area contributed by atoms with Crippen molar-refractivity contribution in [2.24, 2.45) is 0 Å². The average Bonchev–Trinajstić information content (AvgIpc) is 2.97. The number of carbonyl (C=O) groups excluding carboxylic acids is 2. The number of carboxylic acids is 1. The minimum Gasteiger partial charge on any atom is -0.479 e. The van der Waals surface area contributed by atoms with Crippen molar-refractivity contribution in [3.63, 3.8) is 0 Å². The molecular weight excluding hydrogens is 280 g/mol. The number of carboxylic acid groups (broad SMARTS) is 1. The van der Waals surface area contributed by atoms with E-state index in [0.717, 1.165) is 0 Å². The summed E-state index contributed by atoms with van der Waals surface area (Å²) < 4.78 is 10.1. The van der Waals surface area contributed by atoms with Gasteiger partial charge in [-0.25, -0.2) is 4.79 Å². The van der Waals surface area contributed by atoms with E-state index in [1.54, 1.807) is 9.80 Å². The second-order valence-electron chi connectivity index (χ2n) is 5.17. The van der Waals surface area contributed by atoms with Crippen molar-refractivity contribution in [1.29, 1.82) is 0 Å². The lowest BCUT2D eigenvalue weighted by atomic mass is 10.1. The Balaban J connectivity index is 1.81. The van der Waals surface area contributed by atoms with E-state index in [4.69, 9.17) is 14.6 Å². The molecule has 8 nitrogen and oxygen atoms in total. The molecule has 2 atom stereocenters. The molecule has 0 saturated carbocycles. The van der Waals surface area contributed by atoms with E-state index >= 15 is 0 Å². The summed E-state index contributed by atoms with van der Waals surface area (Å²) in [5.74, 6) is -1.30. The SMILES string of the molecule is COCC(=O)N1CCN(C(=O)C2CCC(C(=O)O)O2)CC1. The van der Waals surface area contributed by atoms with Crippen molar-refractivity contribution in [1.82, 2.24) is 9.80 Å². The molecule has 2 heterocycles. The van der Waals surface area contributed by atoms with Gasteiger partial charge in [0.15, 0.2) is 6.10 Å². The summed E-state index contributed by atoms with van der Waals surface area (Å²) >= 11 is 0. The lowest BCUT2D eigenvalue weighted by Crippen LogP contribution is -2.53. The summed E-state index contributed by atoms with van der Waals surface area (Å²) in [5.41, 5.74) is 0. The molecule has 0 aromatic heterocycles. The van der Waals surface area contributed by atoms with Crippen molar-refractivity contribution in [2.45, 2.75) is 25.0 Å². The maximum absolute atomic E-state index is 12.3. The maximum Gasteiger partial charge on any atom is 0.332 e. The van der Waals surface area contributed by atoms with Crippen LogP contribution in [0.1, 0.15) is 12.8 Å². The number of methoxy groups -OCH3 is 1. The van der Waals surface area contributed by atoms with Gasteiger partial charge in [0.25, 0.3) is 5.91 Å². The molecule has 2 aliphatic heterocycles. The summed E-state index contributed by atoms with van der Waals surface area (Å²) in [4.78, 5) is 38.0. The van der Waals surface area contributed by atoms with Crippen LogP contribution in [0.4, 0.5) is 0 Å². The smallest absolute Gasteiger partial charge is 0.332 e. The highest BCUT2D eigenvalue weighted by molar-refractivity contribution is 5.83. The molecule has 2 amide bonds. The molecule has 118 valence electrons. The van der Waals surface area contributed by atoms with Gasteiger partial charge >= 0.3 is 5.97 Å². The van der Waals surface area contributed by atoms with E-state index in [2.05, 4.69) is 0 Å². The molecule has 2 saturated heterocycles. The Kier molecular flexibility index (Phi) is 5.13. The average molecular weight is 300 g/mol. The van der Waals surface area contributed by atoms with Gasteiger partial charge in [-0.15, -0.1) is 0 Å². The van der Waals surface area contributed by atoms with Crippen LogP contribution < -0.4 is 0 Å². The molecule has 0 aromatic carbocycles. The monoisotopic (exact) mass is 300 g/mol.